The third-order valence-electron chi connectivity index (χ3n) is 2.65. The number of esters is 1. The van der Waals surface area contributed by atoms with Gasteiger partial charge >= 0.3 is 5.97 Å². The van der Waals surface area contributed by atoms with Crippen molar-refractivity contribution >= 4 is 35.0 Å². The highest BCUT2D eigenvalue weighted by molar-refractivity contribution is 8.01. The molecule has 0 heterocycles. The second-order valence-electron chi connectivity index (χ2n) is 4.32. The van der Waals surface area contributed by atoms with Gasteiger partial charge < -0.3 is 15.8 Å². The minimum absolute atomic E-state index is 0.159. The smallest absolute Gasteiger partial charge is 0.315 e. The van der Waals surface area contributed by atoms with Gasteiger partial charge in [-0.3, -0.25) is 9.59 Å². The van der Waals surface area contributed by atoms with Crippen molar-refractivity contribution in [3.63, 3.8) is 0 Å². The molecule has 1 unspecified atom stereocenters. The number of nitrogens with one attached hydrogen (secondary N) is 1. The van der Waals surface area contributed by atoms with Gasteiger partial charge in [0.25, 0.3) is 0 Å². The second-order valence-corrected chi connectivity index (χ2v) is 5.65. The van der Waals surface area contributed by atoms with Crippen LogP contribution in [0.5, 0.6) is 0 Å². The first kappa shape index (κ1) is 16.4. The molecule has 0 aliphatic carbocycles. The number of thioether (sulfide) groups is 1. The van der Waals surface area contributed by atoms with Gasteiger partial charge in [-0.05, 0) is 38.5 Å². The summed E-state index contributed by atoms with van der Waals surface area (Å²) in [7, 11) is 0. The van der Waals surface area contributed by atoms with Gasteiger partial charge in [-0.2, -0.15) is 0 Å². The minimum atomic E-state index is -0.347. The maximum Gasteiger partial charge on any atom is 0.315 e. The summed E-state index contributed by atoms with van der Waals surface area (Å²) in [6.07, 6.45) is 0. The van der Waals surface area contributed by atoms with Gasteiger partial charge in [-0.1, -0.05) is 6.07 Å². The Morgan fingerprint density at radius 3 is 2.80 bits per heavy atom. The molecule has 6 heteroatoms. The van der Waals surface area contributed by atoms with Crippen LogP contribution in [0.2, 0.25) is 0 Å². The monoisotopic (exact) mass is 296 g/mol. The molecule has 0 spiro atoms. The third-order valence-corrected chi connectivity index (χ3v) is 3.76. The van der Waals surface area contributed by atoms with Crippen molar-refractivity contribution < 1.29 is 14.3 Å². The lowest BCUT2D eigenvalue weighted by molar-refractivity contribution is -0.139. The van der Waals surface area contributed by atoms with Crippen molar-refractivity contribution in [3.8, 4) is 0 Å². The number of anilines is 2. The lowest BCUT2D eigenvalue weighted by Gasteiger charge is -2.13. The lowest BCUT2D eigenvalue weighted by atomic mass is 10.2. The molecule has 1 aromatic carbocycles. The summed E-state index contributed by atoms with van der Waals surface area (Å²) in [6.45, 7) is 5.75. The number of hydrogen-bond acceptors (Lipinski definition) is 5. The largest absolute Gasteiger partial charge is 0.465 e. The Bertz CT molecular complexity index is 491. The molecule has 110 valence electrons. The van der Waals surface area contributed by atoms with Crippen molar-refractivity contribution in [2.75, 3.05) is 23.4 Å². The second kappa shape index (κ2) is 7.79. The number of benzene rings is 1. The first-order valence-corrected chi connectivity index (χ1v) is 7.43. The number of aryl methyl sites for hydroxylation is 1. The number of carbonyl (C=O) groups is 2. The first-order valence-electron chi connectivity index (χ1n) is 6.38. The molecule has 0 saturated carbocycles. The van der Waals surface area contributed by atoms with Crippen molar-refractivity contribution in [1.29, 1.82) is 0 Å². The molecule has 0 saturated heterocycles. The number of nitrogens with two attached hydrogens (primary N) is 1. The van der Waals surface area contributed by atoms with Gasteiger partial charge in [0, 0.05) is 11.4 Å². The van der Waals surface area contributed by atoms with Crippen LogP contribution in [0, 0.1) is 6.92 Å². The van der Waals surface area contributed by atoms with Gasteiger partial charge in [0.05, 0.1) is 17.6 Å². The average molecular weight is 296 g/mol. The summed E-state index contributed by atoms with van der Waals surface area (Å²) >= 11 is 1.24. The van der Waals surface area contributed by atoms with Crippen LogP contribution in [0.25, 0.3) is 0 Å². The zero-order chi connectivity index (χ0) is 15.1. The van der Waals surface area contributed by atoms with E-state index < -0.39 is 0 Å². The van der Waals surface area contributed by atoms with Crippen LogP contribution < -0.4 is 11.1 Å². The highest BCUT2D eigenvalue weighted by atomic mass is 32.2. The van der Waals surface area contributed by atoms with E-state index in [2.05, 4.69) is 5.32 Å². The minimum Gasteiger partial charge on any atom is -0.465 e. The predicted molar refractivity (Wildman–Crippen MR) is 82.8 cm³/mol. The van der Waals surface area contributed by atoms with Gasteiger partial charge in [0.1, 0.15) is 0 Å². The lowest BCUT2D eigenvalue weighted by Crippen LogP contribution is -2.24. The van der Waals surface area contributed by atoms with E-state index in [1.807, 2.05) is 13.0 Å². The Balaban J connectivity index is 2.53. The summed E-state index contributed by atoms with van der Waals surface area (Å²) in [6, 6.07) is 5.35. The molecule has 20 heavy (non-hydrogen) atoms. The molecule has 0 bridgehead atoms. The van der Waals surface area contributed by atoms with E-state index in [0.717, 1.165) is 5.56 Å². The molecular weight excluding hydrogens is 276 g/mol. The maximum absolute atomic E-state index is 12.0. The highest BCUT2D eigenvalue weighted by Gasteiger charge is 2.16. The summed E-state index contributed by atoms with van der Waals surface area (Å²) in [4.78, 5) is 23.3. The Morgan fingerprint density at radius 1 is 1.45 bits per heavy atom. The summed E-state index contributed by atoms with van der Waals surface area (Å²) in [5.74, 6) is -0.302. The fourth-order valence-electron chi connectivity index (χ4n) is 1.48. The standard InChI is InChI=1S/C14H20N2O3S/c1-4-19-13(17)8-20-10(3)14(18)16-12-7-11(15)6-5-9(12)2/h5-7,10H,4,8,15H2,1-3H3,(H,16,18). The number of hydrogen-bond donors (Lipinski definition) is 2. The predicted octanol–water partition coefficient (Wildman–Crippen LogP) is 2.20. The van der Waals surface area contributed by atoms with E-state index in [1.165, 1.54) is 11.8 Å². The zero-order valence-corrected chi connectivity index (χ0v) is 12.8. The average Bonchev–Trinajstić information content (AvgIpc) is 2.40. The van der Waals surface area contributed by atoms with Crippen LogP contribution in [0.3, 0.4) is 0 Å². The van der Waals surface area contributed by atoms with Crippen LogP contribution in [-0.4, -0.2) is 29.5 Å². The van der Waals surface area contributed by atoms with Gasteiger partial charge in [-0.25, -0.2) is 0 Å². The van der Waals surface area contributed by atoms with Crippen molar-refractivity contribution in [1.82, 2.24) is 0 Å². The number of amides is 1. The summed E-state index contributed by atoms with van der Waals surface area (Å²) < 4.78 is 4.82. The molecule has 3 N–H and O–H groups in total. The van der Waals surface area contributed by atoms with Gasteiger partial charge in [0.15, 0.2) is 0 Å². The summed E-state index contributed by atoms with van der Waals surface area (Å²) in [5, 5.41) is 2.47. The molecule has 0 fully saturated rings. The zero-order valence-electron chi connectivity index (χ0n) is 11.9. The van der Waals surface area contributed by atoms with E-state index in [1.54, 1.807) is 26.0 Å². The molecular formula is C14H20N2O3S. The fourth-order valence-corrected chi connectivity index (χ4v) is 2.16. The fraction of sp³-hybridized carbons (Fsp3) is 0.429. The van der Waals surface area contributed by atoms with Crippen LogP contribution in [-0.2, 0) is 14.3 Å². The van der Waals surface area contributed by atoms with E-state index in [-0.39, 0.29) is 22.9 Å². The maximum atomic E-state index is 12.0. The van der Waals surface area contributed by atoms with Crippen LogP contribution in [0.1, 0.15) is 19.4 Å². The van der Waals surface area contributed by atoms with Gasteiger partial charge in [-0.15, -0.1) is 11.8 Å². The molecule has 0 aliphatic heterocycles. The van der Waals surface area contributed by atoms with E-state index in [4.69, 9.17) is 10.5 Å². The molecule has 0 aliphatic rings. The highest BCUT2D eigenvalue weighted by Crippen LogP contribution is 2.20. The summed E-state index contributed by atoms with van der Waals surface area (Å²) in [5.41, 5.74) is 7.92. The van der Waals surface area contributed by atoms with E-state index in [9.17, 15) is 9.59 Å². The molecule has 1 atom stereocenters. The molecule has 0 radical (unpaired) electrons. The molecule has 1 amide bonds. The molecule has 1 aromatic rings. The Labute approximate surface area is 123 Å². The SMILES string of the molecule is CCOC(=O)CSC(C)C(=O)Nc1cc(N)ccc1C. The van der Waals surface area contributed by atoms with Gasteiger partial charge in [0.2, 0.25) is 5.91 Å². The molecule has 1 rings (SSSR count). The van der Waals surface area contributed by atoms with E-state index in [0.29, 0.717) is 18.0 Å². The van der Waals surface area contributed by atoms with Crippen LogP contribution in [0.4, 0.5) is 11.4 Å². The van der Waals surface area contributed by atoms with Crippen molar-refractivity contribution in [2.24, 2.45) is 0 Å². The normalized spacial score (nSPS) is 11.8. The Hall–Kier alpha value is -1.69. The van der Waals surface area contributed by atoms with Crippen LogP contribution >= 0.6 is 11.8 Å². The Kier molecular flexibility index (Phi) is 6.38. The van der Waals surface area contributed by atoms with Crippen molar-refractivity contribution in [3.05, 3.63) is 23.8 Å². The van der Waals surface area contributed by atoms with Crippen LogP contribution in [0.15, 0.2) is 18.2 Å². The molecule has 0 aromatic heterocycles. The van der Waals surface area contributed by atoms with E-state index >= 15 is 0 Å². The topological polar surface area (TPSA) is 81.4 Å². The quantitative estimate of drug-likeness (QED) is 0.621. The molecule has 5 nitrogen and oxygen atoms in total. The number of rotatable bonds is 6. The third kappa shape index (κ3) is 5.13. The number of nitrogen functional groups attached to an aromatic ring is 1. The first-order chi connectivity index (χ1) is 9.43. The number of ether oxygens (including phenoxy) is 1. The van der Waals surface area contributed by atoms with Crippen molar-refractivity contribution in [2.45, 2.75) is 26.0 Å². The number of carbonyl (C=O) groups excluding carboxylic acids is 2. The Morgan fingerprint density at radius 2 is 2.15 bits per heavy atom.